The van der Waals surface area contributed by atoms with Crippen molar-refractivity contribution in [3.05, 3.63) is 33.8 Å². The first kappa shape index (κ1) is 16.8. The summed E-state index contributed by atoms with van der Waals surface area (Å²) in [5.74, 6) is 0.792. The molecule has 0 aliphatic carbocycles. The molecule has 1 aliphatic heterocycles. The van der Waals surface area contributed by atoms with Crippen LogP contribution in [0.4, 0.5) is 0 Å². The van der Waals surface area contributed by atoms with E-state index in [-0.39, 0.29) is 5.78 Å². The zero-order chi connectivity index (χ0) is 15.4. The molecule has 2 rings (SSSR count). The summed E-state index contributed by atoms with van der Waals surface area (Å²) < 4.78 is 0. The molecular formula is C16H22Cl2N2O. The number of hydrogen-bond donors (Lipinski definition) is 0. The average Bonchev–Trinajstić information content (AvgIpc) is 2.43. The molecule has 0 saturated carbocycles. The molecule has 0 bridgehead atoms. The minimum atomic E-state index is 0.103. The van der Waals surface area contributed by atoms with E-state index in [1.165, 1.54) is 0 Å². The van der Waals surface area contributed by atoms with Gasteiger partial charge in [-0.25, -0.2) is 0 Å². The Morgan fingerprint density at radius 3 is 2.29 bits per heavy atom. The summed E-state index contributed by atoms with van der Waals surface area (Å²) in [6.07, 6.45) is 0. The predicted molar refractivity (Wildman–Crippen MR) is 88.5 cm³/mol. The lowest BCUT2D eigenvalue weighted by atomic mass is 10.1. The van der Waals surface area contributed by atoms with E-state index < -0.39 is 0 Å². The fraction of sp³-hybridized carbons (Fsp3) is 0.562. The van der Waals surface area contributed by atoms with Gasteiger partial charge < -0.3 is 4.90 Å². The molecule has 0 unspecified atom stereocenters. The molecule has 21 heavy (non-hydrogen) atoms. The van der Waals surface area contributed by atoms with Crippen LogP contribution in [0.1, 0.15) is 24.2 Å². The second-order valence-electron chi connectivity index (χ2n) is 6.02. The lowest BCUT2D eigenvalue weighted by molar-refractivity contribution is 0.0837. The fourth-order valence-electron chi connectivity index (χ4n) is 2.61. The Hall–Kier alpha value is -0.610. The van der Waals surface area contributed by atoms with E-state index in [9.17, 15) is 4.79 Å². The summed E-state index contributed by atoms with van der Waals surface area (Å²) in [5, 5.41) is 0.916. The van der Waals surface area contributed by atoms with E-state index in [4.69, 9.17) is 23.2 Å². The molecule has 1 aromatic rings. The van der Waals surface area contributed by atoms with E-state index in [0.29, 0.717) is 28.1 Å². The maximum atomic E-state index is 12.3. The van der Waals surface area contributed by atoms with Gasteiger partial charge in [-0.3, -0.25) is 9.69 Å². The van der Waals surface area contributed by atoms with Crippen molar-refractivity contribution in [2.75, 3.05) is 39.3 Å². The number of Topliss-reactive ketones (excluding diaryl/α,β-unsaturated/α-hetero) is 1. The van der Waals surface area contributed by atoms with Crippen molar-refractivity contribution in [2.24, 2.45) is 5.92 Å². The van der Waals surface area contributed by atoms with Gasteiger partial charge in [0.15, 0.2) is 5.78 Å². The van der Waals surface area contributed by atoms with Crippen LogP contribution in [-0.2, 0) is 0 Å². The van der Waals surface area contributed by atoms with Crippen molar-refractivity contribution in [1.29, 1.82) is 0 Å². The standard InChI is InChI=1S/C16H22Cl2N2O/c1-12(2)10-19-5-7-20(8-6-19)11-16(21)13-3-4-14(17)15(18)9-13/h3-4,9,12H,5-8,10-11H2,1-2H3. The van der Waals surface area contributed by atoms with Crippen LogP contribution in [0.15, 0.2) is 18.2 Å². The maximum Gasteiger partial charge on any atom is 0.176 e. The molecule has 0 radical (unpaired) electrons. The number of carbonyl (C=O) groups is 1. The highest BCUT2D eigenvalue weighted by Gasteiger charge is 2.20. The second kappa shape index (κ2) is 7.59. The highest BCUT2D eigenvalue weighted by atomic mass is 35.5. The highest BCUT2D eigenvalue weighted by molar-refractivity contribution is 6.42. The SMILES string of the molecule is CC(C)CN1CCN(CC(=O)c2ccc(Cl)c(Cl)c2)CC1. The highest BCUT2D eigenvalue weighted by Crippen LogP contribution is 2.23. The first-order chi connectivity index (χ1) is 9.95. The molecule has 5 heteroatoms. The normalized spacial score (nSPS) is 17.4. The quantitative estimate of drug-likeness (QED) is 0.773. The Morgan fingerprint density at radius 1 is 1.10 bits per heavy atom. The number of piperazine rings is 1. The van der Waals surface area contributed by atoms with E-state index in [2.05, 4.69) is 23.6 Å². The Morgan fingerprint density at radius 2 is 1.71 bits per heavy atom. The van der Waals surface area contributed by atoms with Gasteiger partial charge in [-0.1, -0.05) is 37.0 Å². The van der Waals surface area contributed by atoms with Crippen molar-refractivity contribution < 1.29 is 4.79 Å². The number of rotatable bonds is 5. The number of halogens is 2. The van der Waals surface area contributed by atoms with Gasteiger partial charge in [-0.05, 0) is 24.1 Å². The molecule has 0 N–H and O–H groups in total. The lowest BCUT2D eigenvalue weighted by Gasteiger charge is -2.35. The first-order valence-electron chi connectivity index (χ1n) is 7.38. The van der Waals surface area contributed by atoms with E-state index >= 15 is 0 Å². The lowest BCUT2D eigenvalue weighted by Crippen LogP contribution is -2.48. The van der Waals surface area contributed by atoms with Gasteiger partial charge in [0.05, 0.1) is 16.6 Å². The summed E-state index contributed by atoms with van der Waals surface area (Å²) >= 11 is 11.8. The van der Waals surface area contributed by atoms with Crippen LogP contribution in [-0.4, -0.2) is 54.9 Å². The zero-order valence-corrected chi connectivity index (χ0v) is 14.1. The molecule has 1 saturated heterocycles. The molecule has 1 aliphatic rings. The number of ketones is 1. The molecule has 0 atom stereocenters. The third-order valence-corrected chi connectivity index (χ3v) is 4.44. The van der Waals surface area contributed by atoms with Crippen molar-refractivity contribution in [2.45, 2.75) is 13.8 Å². The summed E-state index contributed by atoms with van der Waals surface area (Å²) in [6.45, 7) is 10.0. The molecule has 1 heterocycles. The van der Waals surface area contributed by atoms with E-state index in [1.807, 2.05) is 0 Å². The Labute approximate surface area is 136 Å². The third kappa shape index (κ3) is 4.96. The predicted octanol–water partition coefficient (Wildman–Crippen LogP) is 3.45. The van der Waals surface area contributed by atoms with Crippen LogP contribution in [0.5, 0.6) is 0 Å². The summed E-state index contributed by atoms with van der Waals surface area (Å²) in [5.41, 5.74) is 0.633. The van der Waals surface area contributed by atoms with Crippen LogP contribution >= 0.6 is 23.2 Å². The minimum absolute atomic E-state index is 0.103. The largest absolute Gasteiger partial charge is 0.301 e. The van der Waals surface area contributed by atoms with Crippen molar-refractivity contribution in [1.82, 2.24) is 9.80 Å². The molecular weight excluding hydrogens is 307 g/mol. The molecule has 3 nitrogen and oxygen atoms in total. The van der Waals surface area contributed by atoms with E-state index in [0.717, 1.165) is 32.7 Å². The summed E-state index contributed by atoms with van der Waals surface area (Å²) in [7, 11) is 0. The molecule has 0 aromatic heterocycles. The van der Waals surface area contributed by atoms with E-state index in [1.54, 1.807) is 18.2 Å². The average molecular weight is 329 g/mol. The molecule has 0 spiro atoms. The van der Waals surface area contributed by atoms with Gasteiger partial charge in [0.1, 0.15) is 0 Å². The smallest absolute Gasteiger partial charge is 0.176 e. The Balaban J connectivity index is 1.85. The Kier molecular flexibility index (Phi) is 6.06. The van der Waals surface area contributed by atoms with Crippen LogP contribution in [0.2, 0.25) is 10.0 Å². The van der Waals surface area contributed by atoms with Gasteiger partial charge in [-0.2, -0.15) is 0 Å². The molecule has 1 fully saturated rings. The second-order valence-corrected chi connectivity index (χ2v) is 6.84. The first-order valence-corrected chi connectivity index (χ1v) is 8.14. The Bertz CT molecular complexity index is 497. The molecule has 116 valence electrons. The summed E-state index contributed by atoms with van der Waals surface area (Å²) in [4.78, 5) is 17.0. The zero-order valence-electron chi connectivity index (χ0n) is 12.6. The topological polar surface area (TPSA) is 23.6 Å². The van der Waals surface area contributed by atoms with Crippen LogP contribution in [0, 0.1) is 5.92 Å². The maximum absolute atomic E-state index is 12.3. The number of benzene rings is 1. The number of hydrogen-bond acceptors (Lipinski definition) is 3. The molecule has 1 aromatic carbocycles. The van der Waals surface area contributed by atoms with Crippen LogP contribution < -0.4 is 0 Å². The fourth-order valence-corrected chi connectivity index (χ4v) is 2.91. The third-order valence-electron chi connectivity index (χ3n) is 3.70. The monoisotopic (exact) mass is 328 g/mol. The number of carbonyl (C=O) groups excluding carboxylic acids is 1. The van der Waals surface area contributed by atoms with Crippen LogP contribution in [0.3, 0.4) is 0 Å². The minimum Gasteiger partial charge on any atom is -0.301 e. The van der Waals surface area contributed by atoms with Gasteiger partial charge >= 0.3 is 0 Å². The number of nitrogens with zero attached hydrogens (tertiary/aromatic N) is 2. The summed E-state index contributed by atoms with van der Waals surface area (Å²) in [6, 6.07) is 5.07. The van der Waals surface area contributed by atoms with Crippen molar-refractivity contribution in [3.63, 3.8) is 0 Å². The van der Waals surface area contributed by atoms with Crippen molar-refractivity contribution >= 4 is 29.0 Å². The van der Waals surface area contributed by atoms with Gasteiger partial charge in [0, 0.05) is 38.3 Å². The van der Waals surface area contributed by atoms with Gasteiger partial charge in [0.25, 0.3) is 0 Å². The molecule has 0 amide bonds. The van der Waals surface area contributed by atoms with Gasteiger partial charge in [-0.15, -0.1) is 0 Å². The van der Waals surface area contributed by atoms with Crippen molar-refractivity contribution in [3.8, 4) is 0 Å². The van der Waals surface area contributed by atoms with Crippen LogP contribution in [0.25, 0.3) is 0 Å². The van der Waals surface area contributed by atoms with Gasteiger partial charge in [0.2, 0.25) is 0 Å².